The van der Waals surface area contributed by atoms with Crippen molar-refractivity contribution in [2.75, 3.05) is 0 Å². The number of carbonyl (C=O) groups is 1. The van der Waals surface area contributed by atoms with Crippen LogP contribution in [0.1, 0.15) is 13.3 Å². The third-order valence-electron chi connectivity index (χ3n) is 0.958. The molecule has 0 saturated heterocycles. The lowest BCUT2D eigenvalue weighted by Gasteiger charge is -1.97. The van der Waals surface area contributed by atoms with E-state index in [-0.39, 0.29) is 12.4 Å². The number of aliphatic carboxylic acids is 1. The molecule has 0 aromatic rings. The van der Waals surface area contributed by atoms with Crippen LogP contribution < -0.4 is 0 Å². The minimum atomic E-state index is -0.914. The van der Waals surface area contributed by atoms with Crippen LogP contribution in [0.3, 0.4) is 0 Å². The molecule has 0 aliphatic heterocycles. The zero-order valence-corrected chi connectivity index (χ0v) is 5.94. The standard InChI is InChI=1S/C5H9NO2.ClH/c1-2-4(3-6)5(7)8;/h3-4,6H,2H2,1H3,(H,7,8);1H. The van der Waals surface area contributed by atoms with Crippen molar-refractivity contribution in [3.05, 3.63) is 0 Å². The van der Waals surface area contributed by atoms with E-state index in [1.807, 2.05) is 0 Å². The van der Waals surface area contributed by atoms with Crippen LogP contribution in [0, 0.1) is 11.3 Å². The molecule has 1 unspecified atom stereocenters. The average molecular weight is 152 g/mol. The molecule has 4 heteroatoms. The van der Waals surface area contributed by atoms with Gasteiger partial charge in [0, 0.05) is 6.21 Å². The fraction of sp³-hybridized carbons (Fsp3) is 0.600. The van der Waals surface area contributed by atoms with Crippen LogP contribution in [0.25, 0.3) is 0 Å². The molecule has 0 aromatic carbocycles. The molecule has 0 amide bonds. The summed E-state index contributed by atoms with van der Waals surface area (Å²) >= 11 is 0. The number of carboxylic acid groups (broad SMARTS) is 1. The predicted octanol–water partition coefficient (Wildman–Crippen LogP) is 1.17. The number of rotatable bonds is 3. The molecule has 0 saturated carbocycles. The van der Waals surface area contributed by atoms with E-state index in [4.69, 9.17) is 10.5 Å². The maximum absolute atomic E-state index is 10.0. The highest BCUT2D eigenvalue weighted by Gasteiger charge is 2.09. The molecule has 9 heavy (non-hydrogen) atoms. The van der Waals surface area contributed by atoms with Crippen molar-refractivity contribution >= 4 is 24.6 Å². The van der Waals surface area contributed by atoms with Gasteiger partial charge in [-0.1, -0.05) is 6.92 Å². The number of halogens is 1. The van der Waals surface area contributed by atoms with Crippen molar-refractivity contribution in [2.45, 2.75) is 13.3 Å². The van der Waals surface area contributed by atoms with Crippen LogP contribution in [0.2, 0.25) is 0 Å². The van der Waals surface area contributed by atoms with E-state index in [1.165, 1.54) is 0 Å². The number of carboxylic acids is 1. The third-order valence-corrected chi connectivity index (χ3v) is 0.958. The summed E-state index contributed by atoms with van der Waals surface area (Å²) in [4.78, 5) is 10.0. The zero-order chi connectivity index (χ0) is 6.57. The molecule has 0 rings (SSSR count). The molecule has 0 spiro atoms. The molecule has 0 aromatic heterocycles. The van der Waals surface area contributed by atoms with Crippen LogP contribution in [0.15, 0.2) is 0 Å². The highest BCUT2D eigenvalue weighted by Crippen LogP contribution is 1.96. The molecular formula is C5H10ClNO2. The van der Waals surface area contributed by atoms with E-state index >= 15 is 0 Å². The molecule has 0 bridgehead atoms. The molecule has 1 atom stereocenters. The molecule has 2 N–H and O–H groups in total. The third kappa shape index (κ3) is 3.97. The predicted molar refractivity (Wildman–Crippen MR) is 37.4 cm³/mol. The topological polar surface area (TPSA) is 61.2 Å². The summed E-state index contributed by atoms with van der Waals surface area (Å²) in [5.41, 5.74) is 0. The Kier molecular flexibility index (Phi) is 6.96. The van der Waals surface area contributed by atoms with Crippen LogP contribution in [0.5, 0.6) is 0 Å². The van der Waals surface area contributed by atoms with E-state index in [0.29, 0.717) is 6.42 Å². The summed E-state index contributed by atoms with van der Waals surface area (Å²) in [6, 6.07) is 0. The lowest BCUT2D eigenvalue weighted by atomic mass is 10.1. The molecule has 0 fully saturated rings. The van der Waals surface area contributed by atoms with Gasteiger partial charge >= 0.3 is 5.97 Å². The first-order valence-corrected chi connectivity index (χ1v) is 2.45. The van der Waals surface area contributed by atoms with E-state index in [0.717, 1.165) is 6.21 Å². The van der Waals surface area contributed by atoms with Crippen LogP contribution in [-0.2, 0) is 4.79 Å². The Balaban J connectivity index is 0. The van der Waals surface area contributed by atoms with Gasteiger partial charge in [0.2, 0.25) is 0 Å². The smallest absolute Gasteiger partial charge is 0.311 e. The van der Waals surface area contributed by atoms with E-state index < -0.39 is 11.9 Å². The summed E-state index contributed by atoms with van der Waals surface area (Å²) in [5, 5.41) is 14.8. The molecular weight excluding hydrogens is 142 g/mol. The quantitative estimate of drug-likeness (QED) is 0.595. The first-order chi connectivity index (χ1) is 3.72. The highest BCUT2D eigenvalue weighted by atomic mass is 35.5. The summed E-state index contributed by atoms with van der Waals surface area (Å²) in [5.74, 6) is -1.50. The van der Waals surface area contributed by atoms with Gasteiger partial charge in [-0.05, 0) is 6.42 Å². The maximum atomic E-state index is 10.0. The number of hydrogen-bond acceptors (Lipinski definition) is 2. The van der Waals surface area contributed by atoms with Gasteiger partial charge in [0.05, 0.1) is 5.92 Å². The lowest BCUT2D eigenvalue weighted by molar-refractivity contribution is -0.139. The Labute approximate surface area is 60.0 Å². The first kappa shape index (κ1) is 11.3. The molecule has 0 radical (unpaired) electrons. The van der Waals surface area contributed by atoms with Crippen molar-refractivity contribution in [3.63, 3.8) is 0 Å². The number of nitrogens with one attached hydrogen (secondary N) is 1. The van der Waals surface area contributed by atoms with E-state index in [2.05, 4.69) is 0 Å². The summed E-state index contributed by atoms with van der Waals surface area (Å²) in [6.07, 6.45) is 1.45. The summed E-state index contributed by atoms with van der Waals surface area (Å²) in [7, 11) is 0. The first-order valence-electron chi connectivity index (χ1n) is 2.45. The van der Waals surface area contributed by atoms with Gasteiger partial charge in [-0.25, -0.2) is 0 Å². The maximum Gasteiger partial charge on any atom is 0.311 e. The van der Waals surface area contributed by atoms with Crippen molar-refractivity contribution < 1.29 is 9.90 Å². The average Bonchev–Trinajstić information content (AvgIpc) is 1.69. The van der Waals surface area contributed by atoms with Gasteiger partial charge in [0.1, 0.15) is 0 Å². The molecule has 0 heterocycles. The monoisotopic (exact) mass is 151 g/mol. The highest BCUT2D eigenvalue weighted by molar-refractivity contribution is 5.87. The lowest BCUT2D eigenvalue weighted by Crippen LogP contribution is -2.12. The van der Waals surface area contributed by atoms with Crippen molar-refractivity contribution in [3.8, 4) is 0 Å². The summed E-state index contributed by atoms with van der Waals surface area (Å²) in [6.45, 7) is 1.74. The molecule has 3 nitrogen and oxygen atoms in total. The Morgan fingerprint density at radius 1 is 1.89 bits per heavy atom. The minimum absolute atomic E-state index is 0. The van der Waals surface area contributed by atoms with Gasteiger partial charge in [0.25, 0.3) is 0 Å². The number of hydrogen-bond donors (Lipinski definition) is 2. The molecule has 54 valence electrons. The van der Waals surface area contributed by atoms with Gasteiger partial charge in [-0.15, -0.1) is 12.4 Å². The van der Waals surface area contributed by atoms with E-state index in [9.17, 15) is 4.79 Å². The second kappa shape index (κ2) is 5.56. The second-order valence-electron chi connectivity index (χ2n) is 1.52. The fourth-order valence-corrected chi connectivity index (χ4v) is 0.364. The van der Waals surface area contributed by atoms with Crippen LogP contribution >= 0.6 is 12.4 Å². The largest absolute Gasteiger partial charge is 0.481 e. The Morgan fingerprint density at radius 3 is 2.33 bits per heavy atom. The van der Waals surface area contributed by atoms with Crippen LogP contribution in [-0.4, -0.2) is 17.3 Å². The minimum Gasteiger partial charge on any atom is -0.481 e. The van der Waals surface area contributed by atoms with Gasteiger partial charge in [-0.3, -0.25) is 4.79 Å². The Morgan fingerprint density at radius 2 is 2.33 bits per heavy atom. The van der Waals surface area contributed by atoms with E-state index in [1.54, 1.807) is 6.92 Å². The van der Waals surface area contributed by atoms with Gasteiger partial charge in [0.15, 0.2) is 0 Å². The normalized spacial score (nSPS) is 11.2. The second-order valence-corrected chi connectivity index (χ2v) is 1.52. The van der Waals surface area contributed by atoms with Gasteiger partial charge in [-0.2, -0.15) is 0 Å². The van der Waals surface area contributed by atoms with Gasteiger partial charge < -0.3 is 10.5 Å². The van der Waals surface area contributed by atoms with Crippen molar-refractivity contribution in [1.29, 1.82) is 5.41 Å². The molecule has 0 aliphatic carbocycles. The Hall–Kier alpha value is -0.570. The van der Waals surface area contributed by atoms with Crippen molar-refractivity contribution in [2.24, 2.45) is 5.92 Å². The van der Waals surface area contributed by atoms with Crippen LogP contribution in [0.4, 0.5) is 0 Å². The van der Waals surface area contributed by atoms with Crippen molar-refractivity contribution in [1.82, 2.24) is 0 Å². The Bertz CT molecular complexity index is 105. The SMILES string of the molecule is CCC(C=N)C(=O)O.Cl. The fourth-order valence-electron chi connectivity index (χ4n) is 0.364. The summed E-state index contributed by atoms with van der Waals surface area (Å²) < 4.78 is 0. The zero-order valence-electron chi connectivity index (χ0n) is 5.13. The molecule has 0 aliphatic rings.